The third-order valence-corrected chi connectivity index (χ3v) is 4.16. The van der Waals surface area contributed by atoms with Gasteiger partial charge >= 0.3 is 5.97 Å². The second kappa shape index (κ2) is 5.49. The zero-order chi connectivity index (χ0) is 16.7. The van der Waals surface area contributed by atoms with Gasteiger partial charge in [0.1, 0.15) is 5.52 Å². The van der Waals surface area contributed by atoms with E-state index in [2.05, 4.69) is 10.1 Å². The quantitative estimate of drug-likeness (QED) is 0.586. The number of benzene rings is 1. The largest absolute Gasteiger partial charge is 0.478 e. The second-order valence-corrected chi connectivity index (χ2v) is 5.58. The SMILES string of the molecule is CCC(O/N=c1/c2nccc3cccc(c32)n2cccc12)C(=O)O. The number of fused-ring (bicyclic) bond motifs is 2. The van der Waals surface area contributed by atoms with Gasteiger partial charge in [-0.15, -0.1) is 0 Å². The summed E-state index contributed by atoms with van der Waals surface area (Å²) < 4.78 is 2.01. The topological polar surface area (TPSA) is 76.2 Å². The summed E-state index contributed by atoms with van der Waals surface area (Å²) in [6, 6.07) is 11.8. The minimum atomic E-state index is -1.03. The van der Waals surface area contributed by atoms with Gasteiger partial charge in [-0.3, -0.25) is 4.98 Å². The molecule has 1 unspecified atom stereocenters. The van der Waals surface area contributed by atoms with Crippen molar-refractivity contribution in [3.8, 4) is 0 Å². The first-order valence-electron chi connectivity index (χ1n) is 7.73. The van der Waals surface area contributed by atoms with E-state index in [1.54, 1.807) is 13.1 Å². The van der Waals surface area contributed by atoms with Crippen LogP contribution in [0.1, 0.15) is 13.3 Å². The summed E-state index contributed by atoms with van der Waals surface area (Å²) in [5.41, 5.74) is 2.56. The zero-order valence-corrected chi connectivity index (χ0v) is 13.0. The molecule has 3 aromatic heterocycles. The van der Waals surface area contributed by atoms with E-state index in [1.165, 1.54) is 0 Å². The predicted molar refractivity (Wildman–Crippen MR) is 89.8 cm³/mol. The first kappa shape index (κ1) is 14.4. The Morgan fingerprint density at radius 3 is 2.92 bits per heavy atom. The van der Waals surface area contributed by atoms with Crippen LogP contribution < -0.4 is 5.36 Å². The maximum atomic E-state index is 11.2. The molecule has 120 valence electrons. The Morgan fingerprint density at radius 1 is 1.29 bits per heavy atom. The molecule has 4 aromatic rings. The summed E-state index contributed by atoms with van der Waals surface area (Å²) >= 11 is 0. The Bertz CT molecular complexity index is 1110. The minimum absolute atomic E-state index is 0.335. The zero-order valence-electron chi connectivity index (χ0n) is 13.0. The standard InChI is InChI=1S/C18H15N3O3/c1-2-14(18(22)23)24-20-16-13-7-4-10-21(13)12-6-3-5-11-8-9-19-17(16)15(11)12/h3-10,14H,2H2,1H3,(H,22,23)/b20-16+. The Morgan fingerprint density at radius 2 is 2.12 bits per heavy atom. The molecular formula is C18H15N3O3. The molecule has 0 fully saturated rings. The molecule has 0 amide bonds. The summed E-state index contributed by atoms with van der Waals surface area (Å²) in [6.45, 7) is 1.75. The first-order chi connectivity index (χ1) is 11.7. The minimum Gasteiger partial charge on any atom is -0.478 e. The van der Waals surface area contributed by atoms with Crippen LogP contribution in [0.15, 0.2) is 53.9 Å². The summed E-state index contributed by atoms with van der Waals surface area (Å²) in [4.78, 5) is 20.9. The average Bonchev–Trinajstić information content (AvgIpc) is 3.07. The molecule has 6 heteroatoms. The lowest BCUT2D eigenvalue weighted by molar-refractivity contribution is -0.150. The third kappa shape index (κ3) is 2.07. The molecule has 1 N–H and O–H groups in total. The van der Waals surface area contributed by atoms with Gasteiger partial charge in [0.25, 0.3) is 0 Å². The fourth-order valence-corrected chi connectivity index (χ4v) is 3.00. The molecular weight excluding hydrogens is 306 g/mol. The summed E-state index contributed by atoms with van der Waals surface area (Å²) in [5.74, 6) is -1.03. The van der Waals surface area contributed by atoms with Crippen LogP contribution in [0.4, 0.5) is 0 Å². The van der Waals surface area contributed by atoms with Crippen LogP contribution in [0.5, 0.6) is 0 Å². The lowest BCUT2D eigenvalue weighted by Crippen LogP contribution is -2.22. The van der Waals surface area contributed by atoms with E-state index in [0.717, 1.165) is 21.8 Å². The van der Waals surface area contributed by atoms with Gasteiger partial charge < -0.3 is 14.3 Å². The Hall–Kier alpha value is -3.15. The molecule has 0 bridgehead atoms. The van der Waals surface area contributed by atoms with E-state index >= 15 is 0 Å². The van der Waals surface area contributed by atoms with Crippen LogP contribution in [0, 0.1) is 0 Å². The molecule has 0 saturated carbocycles. The maximum absolute atomic E-state index is 11.2. The number of carboxylic acid groups (broad SMARTS) is 1. The van der Waals surface area contributed by atoms with Crippen molar-refractivity contribution in [3.05, 3.63) is 54.1 Å². The number of aliphatic carboxylic acids is 1. The summed E-state index contributed by atoms with van der Waals surface area (Å²) in [5, 5.41) is 15.9. The monoisotopic (exact) mass is 321 g/mol. The van der Waals surface area contributed by atoms with E-state index in [4.69, 9.17) is 9.94 Å². The first-order valence-corrected chi connectivity index (χ1v) is 7.73. The number of nitrogens with zero attached hydrogens (tertiary/aromatic N) is 3. The smallest absolute Gasteiger partial charge is 0.347 e. The number of carboxylic acids is 1. The van der Waals surface area contributed by atoms with Crippen molar-refractivity contribution in [1.82, 2.24) is 9.38 Å². The average molecular weight is 321 g/mol. The molecule has 0 aliphatic rings. The highest BCUT2D eigenvalue weighted by molar-refractivity contribution is 6.08. The lowest BCUT2D eigenvalue weighted by atomic mass is 10.1. The van der Waals surface area contributed by atoms with Crippen molar-refractivity contribution in [3.63, 3.8) is 0 Å². The van der Waals surface area contributed by atoms with Gasteiger partial charge in [0, 0.05) is 17.8 Å². The number of carbonyl (C=O) groups is 1. The molecule has 24 heavy (non-hydrogen) atoms. The van der Waals surface area contributed by atoms with Crippen LogP contribution >= 0.6 is 0 Å². The highest BCUT2D eigenvalue weighted by atomic mass is 16.6. The van der Waals surface area contributed by atoms with Crippen molar-refractivity contribution in [2.24, 2.45) is 5.16 Å². The van der Waals surface area contributed by atoms with Crippen LogP contribution in [-0.2, 0) is 9.63 Å². The van der Waals surface area contributed by atoms with E-state index in [0.29, 0.717) is 17.3 Å². The molecule has 0 radical (unpaired) electrons. The fourth-order valence-electron chi connectivity index (χ4n) is 3.00. The summed E-state index contributed by atoms with van der Waals surface area (Å²) in [7, 11) is 0. The Kier molecular flexibility index (Phi) is 3.30. The molecule has 6 nitrogen and oxygen atoms in total. The molecule has 4 rings (SSSR count). The van der Waals surface area contributed by atoms with Gasteiger partial charge in [-0.25, -0.2) is 4.79 Å². The van der Waals surface area contributed by atoms with Crippen molar-refractivity contribution >= 4 is 33.3 Å². The fraction of sp³-hybridized carbons (Fsp3) is 0.167. The predicted octanol–water partition coefficient (Wildman–Crippen LogP) is 2.77. The van der Waals surface area contributed by atoms with Gasteiger partial charge in [-0.2, -0.15) is 0 Å². The number of hydrogen-bond acceptors (Lipinski definition) is 4. The van der Waals surface area contributed by atoms with Crippen LogP contribution in [0.2, 0.25) is 0 Å². The molecule has 0 aliphatic carbocycles. The molecule has 0 spiro atoms. The van der Waals surface area contributed by atoms with Crippen LogP contribution in [-0.4, -0.2) is 26.6 Å². The number of pyridine rings is 2. The number of aromatic nitrogens is 2. The van der Waals surface area contributed by atoms with E-state index in [1.807, 2.05) is 47.0 Å². The van der Waals surface area contributed by atoms with E-state index < -0.39 is 12.1 Å². The molecule has 1 aromatic carbocycles. The van der Waals surface area contributed by atoms with Gasteiger partial charge in [-0.1, -0.05) is 24.2 Å². The number of hydrogen-bond donors (Lipinski definition) is 1. The van der Waals surface area contributed by atoms with Crippen LogP contribution in [0.25, 0.3) is 27.3 Å². The maximum Gasteiger partial charge on any atom is 0.347 e. The normalized spacial score (nSPS) is 13.8. The molecule has 3 heterocycles. The lowest BCUT2D eigenvalue weighted by Gasteiger charge is -2.10. The van der Waals surface area contributed by atoms with Crippen molar-refractivity contribution in [2.45, 2.75) is 19.4 Å². The van der Waals surface area contributed by atoms with Gasteiger partial charge in [0.15, 0.2) is 5.36 Å². The highest BCUT2D eigenvalue weighted by Gasteiger charge is 2.17. The van der Waals surface area contributed by atoms with Crippen molar-refractivity contribution in [2.75, 3.05) is 0 Å². The second-order valence-electron chi connectivity index (χ2n) is 5.58. The molecule has 1 atom stereocenters. The van der Waals surface area contributed by atoms with Gasteiger partial charge in [0.2, 0.25) is 6.10 Å². The Labute approximate surface area is 137 Å². The molecule has 0 saturated heterocycles. The van der Waals surface area contributed by atoms with Gasteiger partial charge in [0.05, 0.1) is 11.0 Å². The molecule has 0 aliphatic heterocycles. The number of rotatable bonds is 4. The van der Waals surface area contributed by atoms with E-state index in [-0.39, 0.29) is 0 Å². The highest BCUT2D eigenvalue weighted by Crippen LogP contribution is 2.24. The van der Waals surface area contributed by atoms with Crippen molar-refractivity contribution in [1.29, 1.82) is 0 Å². The van der Waals surface area contributed by atoms with Crippen LogP contribution in [0.3, 0.4) is 0 Å². The third-order valence-electron chi connectivity index (χ3n) is 4.16. The van der Waals surface area contributed by atoms with E-state index in [9.17, 15) is 4.79 Å². The van der Waals surface area contributed by atoms with Crippen molar-refractivity contribution < 1.29 is 14.7 Å². The summed E-state index contributed by atoms with van der Waals surface area (Å²) in [6.07, 6.45) is 3.03. The van der Waals surface area contributed by atoms with Gasteiger partial charge in [-0.05, 0) is 36.1 Å². The Balaban J connectivity index is 2.08.